The van der Waals surface area contributed by atoms with E-state index in [9.17, 15) is 18.0 Å². The number of unbranched alkanes of at least 4 members (excludes halogenated alkanes) is 1. The number of amides is 3. The minimum absolute atomic E-state index is 0.0149. The maximum absolute atomic E-state index is 12.7. The number of primary amides is 1. The third kappa shape index (κ3) is 5.33. The Morgan fingerprint density at radius 1 is 1.12 bits per heavy atom. The lowest BCUT2D eigenvalue weighted by Gasteiger charge is -2.34. The number of nitrogens with two attached hydrogens (primary N) is 1. The third-order valence-corrected chi connectivity index (χ3v) is 6.56. The fourth-order valence-electron chi connectivity index (χ4n) is 2.74. The van der Waals surface area contributed by atoms with E-state index in [0.29, 0.717) is 38.9 Å². The standard InChI is InChI=1S/C16H23ClN4O4S/c17-13-5-1-2-6-14(13)26(24,25)21-11-9-20(10-12-21)15(22)7-3-4-8-19-16(18)23/h1-2,5-6H,3-4,7-12H2,(H3,18,19,23). The Kier molecular flexibility index (Phi) is 7.24. The summed E-state index contributed by atoms with van der Waals surface area (Å²) in [6.07, 6.45) is 1.66. The van der Waals surface area contributed by atoms with Gasteiger partial charge in [0.15, 0.2) is 0 Å². The molecule has 26 heavy (non-hydrogen) atoms. The van der Waals surface area contributed by atoms with Gasteiger partial charge in [0.1, 0.15) is 4.90 Å². The lowest BCUT2D eigenvalue weighted by Crippen LogP contribution is -2.50. The van der Waals surface area contributed by atoms with Gasteiger partial charge >= 0.3 is 6.03 Å². The van der Waals surface area contributed by atoms with E-state index in [2.05, 4.69) is 5.32 Å². The van der Waals surface area contributed by atoms with Crippen molar-refractivity contribution in [3.05, 3.63) is 29.3 Å². The second-order valence-electron chi connectivity index (χ2n) is 5.96. The molecule has 0 spiro atoms. The molecule has 144 valence electrons. The maximum Gasteiger partial charge on any atom is 0.312 e. The number of nitrogens with one attached hydrogen (secondary N) is 1. The number of benzene rings is 1. The van der Waals surface area contributed by atoms with Gasteiger partial charge in [-0.2, -0.15) is 4.31 Å². The molecule has 8 nitrogen and oxygen atoms in total. The van der Waals surface area contributed by atoms with Gasteiger partial charge in [-0.1, -0.05) is 23.7 Å². The quantitative estimate of drug-likeness (QED) is 0.662. The number of hydrogen-bond acceptors (Lipinski definition) is 4. The SMILES string of the molecule is NC(=O)NCCCCC(=O)N1CCN(S(=O)(=O)c2ccccc2Cl)CC1. The normalized spacial score (nSPS) is 15.7. The summed E-state index contributed by atoms with van der Waals surface area (Å²) in [7, 11) is -3.66. The third-order valence-electron chi connectivity index (χ3n) is 4.16. The van der Waals surface area contributed by atoms with Crippen molar-refractivity contribution in [1.82, 2.24) is 14.5 Å². The number of nitrogens with zero attached hydrogens (tertiary/aromatic N) is 2. The minimum atomic E-state index is -3.66. The number of hydrogen-bond donors (Lipinski definition) is 2. The molecule has 1 aliphatic rings. The second kappa shape index (κ2) is 9.20. The first-order valence-electron chi connectivity index (χ1n) is 8.38. The Balaban J connectivity index is 1.82. The number of urea groups is 1. The Bertz CT molecular complexity index is 748. The summed E-state index contributed by atoms with van der Waals surface area (Å²) < 4.78 is 26.7. The van der Waals surface area contributed by atoms with Crippen LogP contribution >= 0.6 is 11.6 Å². The van der Waals surface area contributed by atoms with Crippen LogP contribution in [0.4, 0.5) is 4.79 Å². The van der Waals surface area contributed by atoms with Crippen LogP contribution in [-0.4, -0.2) is 62.3 Å². The fraction of sp³-hybridized carbons (Fsp3) is 0.500. The average Bonchev–Trinajstić information content (AvgIpc) is 2.61. The Morgan fingerprint density at radius 3 is 2.38 bits per heavy atom. The largest absolute Gasteiger partial charge is 0.352 e. The van der Waals surface area contributed by atoms with Gasteiger partial charge < -0.3 is 16.0 Å². The molecule has 1 saturated heterocycles. The predicted molar refractivity (Wildman–Crippen MR) is 98.2 cm³/mol. The van der Waals surface area contributed by atoms with E-state index in [1.165, 1.54) is 10.4 Å². The van der Waals surface area contributed by atoms with Crippen LogP contribution in [0.15, 0.2) is 29.2 Å². The summed E-state index contributed by atoms with van der Waals surface area (Å²) >= 11 is 6.01. The van der Waals surface area contributed by atoms with Crippen molar-refractivity contribution in [2.75, 3.05) is 32.7 Å². The molecule has 2 rings (SSSR count). The fourth-order valence-corrected chi connectivity index (χ4v) is 4.66. The molecule has 1 aromatic rings. The molecule has 10 heteroatoms. The molecule has 0 bridgehead atoms. The van der Waals surface area contributed by atoms with Crippen LogP contribution < -0.4 is 11.1 Å². The molecule has 0 unspecified atom stereocenters. The molecule has 0 radical (unpaired) electrons. The summed E-state index contributed by atoms with van der Waals surface area (Å²) in [5, 5.41) is 2.66. The first-order valence-corrected chi connectivity index (χ1v) is 10.2. The Hall–Kier alpha value is -1.84. The van der Waals surface area contributed by atoms with Gasteiger partial charge in [-0.3, -0.25) is 4.79 Å². The van der Waals surface area contributed by atoms with Crippen LogP contribution in [0.1, 0.15) is 19.3 Å². The molecule has 3 N–H and O–H groups in total. The van der Waals surface area contributed by atoms with Gasteiger partial charge in [0.25, 0.3) is 0 Å². The summed E-state index contributed by atoms with van der Waals surface area (Å²) in [4.78, 5) is 24.5. The lowest BCUT2D eigenvalue weighted by atomic mass is 10.2. The first kappa shape index (κ1) is 20.5. The van der Waals surface area contributed by atoms with E-state index in [0.717, 1.165) is 0 Å². The van der Waals surface area contributed by atoms with Gasteiger partial charge in [0, 0.05) is 39.1 Å². The zero-order chi connectivity index (χ0) is 19.2. The summed E-state index contributed by atoms with van der Waals surface area (Å²) in [6.45, 7) is 1.61. The molecule has 0 aliphatic carbocycles. The summed E-state index contributed by atoms with van der Waals surface area (Å²) in [6, 6.07) is 5.76. The molecule has 0 atom stereocenters. The van der Waals surface area contributed by atoms with Crippen LogP contribution in [-0.2, 0) is 14.8 Å². The van der Waals surface area contributed by atoms with Gasteiger partial charge in [-0.15, -0.1) is 0 Å². The topological polar surface area (TPSA) is 113 Å². The van der Waals surface area contributed by atoms with Gasteiger partial charge in [0.05, 0.1) is 5.02 Å². The van der Waals surface area contributed by atoms with E-state index in [1.54, 1.807) is 23.1 Å². The smallest absolute Gasteiger partial charge is 0.312 e. The van der Waals surface area contributed by atoms with Crippen LogP contribution in [0.3, 0.4) is 0 Å². The van der Waals surface area contributed by atoms with E-state index in [4.69, 9.17) is 17.3 Å². The van der Waals surface area contributed by atoms with Crippen molar-refractivity contribution >= 4 is 33.6 Å². The monoisotopic (exact) mass is 402 g/mol. The number of sulfonamides is 1. The minimum Gasteiger partial charge on any atom is -0.352 e. The van der Waals surface area contributed by atoms with Crippen LogP contribution in [0.5, 0.6) is 0 Å². The summed E-state index contributed by atoms with van der Waals surface area (Å²) in [5.41, 5.74) is 4.96. The second-order valence-corrected chi connectivity index (χ2v) is 8.28. The molecule has 0 saturated carbocycles. The van der Waals surface area contributed by atoms with Gasteiger partial charge in [-0.05, 0) is 25.0 Å². The zero-order valence-electron chi connectivity index (χ0n) is 14.4. The Morgan fingerprint density at radius 2 is 1.77 bits per heavy atom. The number of rotatable bonds is 7. The lowest BCUT2D eigenvalue weighted by molar-refractivity contribution is -0.132. The molecular weight excluding hydrogens is 380 g/mol. The van der Waals surface area contributed by atoms with Gasteiger partial charge in [-0.25, -0.2) is 13.2 Å². The van der Waals surface area contributed by atoms with E-state index >= 15 is 0 Å². The highest BCUT2D eigenvalue weighted by molar-refractivity contribution is 7.89. The highest BCUT2D eigenvalue weighted by Crippen LogP contribution is 2.25. The average molecular weight is 403 g/mol. The molecule has 0 aromatic heterocycles. The van der Waals surface area contributed by atoms with Crippen molar-refractivity contribution < 1.29 is 18.0 Å². The van der Waals surface area contributed by atoms with Crippen molar-refractivity contribution in [1.29, 1.82) is 0 Å². The number of carbonyl (C=O) groups excluding carboxylic acids is 2. The maximum atomic E-state index is 12.7. The van der Waals surface area contributed by atoms with Crippen LogP contribution in [0.25, 0.3) is 0 Å². The van der Waals surface area contributed by atoms with Crippen LogP contribution in [0.2, 0.25) is 5.02 Å². The highest BCUT2D eigenvalue weighted by atomic mass is 35.5. The molecular formula is C16H23ClN4O4S. The van der Waals surface area contributed by atoms with E-state index < -0.39 is 16.1 Å². The molecule has 1 fully saturated rings. The molecule has 1 aliphatic heterocycles. The molecule has 1 aromatic carbocycles. The van der Waals surface area contributed by atoms with Crippen molar-refractivity contribution in [3.8, 4) is 0 Å². The van der Waals surface area contributed by atoms with E-state index in [1.807, 2.05) is 0 Å². The Labute approximate surface area is 158 Å². The number of halogens is 1. The van der Waals surface area contributed by atoms with E-state index in [-0.39, 0.29) is 28.9 Å². The highest BCUT2D eigenvalue weighted by Gasteiger charge is 2.31. The van der Waals surface area contributed by atoms with Crippen molar-refractivity contribution in [2.24, 2.45) is 5.73 Å². The zero-order valence-corrected chi connectivity index (χ0v) is 15.9. The number of carbonyl (C=O) groups is 2. The molecule has 3 amide bonds. The predicted octanol–water partition coefficient (Wildman–Crippen LogP) is 1.01. The van der Waals surface area contributed by atoms with Crippen molar-refractivity contribution in [2.45, 2.75) is 24.2 Å². The van der Waals surface area contributed by atoms with Crippen LogP contribution in [0, 0.1) is 0 Å². The van der Waals surface area contributed by atoms with Crippen molar-refractivity contribution in [3.63, 3.8) is 0 Å². The molecule has 1 heterocycles. The number of piperazine rings is 1. The van der Waals surface area contributed by atoms with Gasteiger partial charge in [0.2, 0.25) is 15.9 Å². The first-order chi connectivity index (χ1) is 12.3. The summed E-state index contributed by atoms with van der Waals surface area (Å²) in [5.74, 6) is -0.0149.